The second kappa shape index (κ2) is 8.73. The molecule has 1 spiro atoms. The largest absolute Gasteiger partial charge is 0.504 e. The fraction of sp³-hybridized carbons (Fsp3) is 0.520. The third kappa shape index (κ3) is 3.74. The number of esters is 2. The zero-order valence-corrected chi connectivity index (χ0v) is 20.0. The van der Waals surface area contributed by atoms with Gasteiger partial charge in [-0.2, -0.15) is 0 Å². The Morgan fingerprint density at radius 1 is 1.19 bits per heavy atom. The molecule has 2 aliphatic carbocycles. The van der Waals surface area contributed by atoms with Gasteiger partial charge < -0.3 is 39.5 Å². The third-order valence-electron chi connectivity index (χ3n) is 8.03. The molecule has 0 aromatic heterocycles. The first-order valence-corrected chi connectivity index (χ1v) is 12.0. The molecule has 1 fully saturated rings. The lowest BCUT2D eigenvalue weighted by Crippen LogP contribution is -2.74. The van der Waals surface area contributed by atoms with Crippen LogP contribution in [0.3, 0.4) is 0 Å². The minimum Gasteiger partial charge on any atom is -0.504 e. The second-order valence-electron chi connectivity index (χ2n) is 9.99. The standard InChI is InChI=1S/C25H27NO11/c1-26-9-8-24-20-12-2-3-13(27)21(20)37-22(24)14(6-7-25(24,34)16(26)10-12)35-18(30)4-5-19(31)36-15(23(32)33)11-17(28)29/h2-3,6,15-16,22,27,34H,4-5,7-11H2,1H3,(H,28,29)(H,32,33)/t15-,16?,22+,24+,25-/m1/s1. The topological polar surface area (TPSA) is 180 Å². The Balaban J connectivity index is 1.34. The monoisotopic (exact) mass is 517 g/mol. The second-order valence-corrected chi connectivity index (χ2v) is 9.99. The summed E-state index contributed by atoms with van der Waals surface area (Å²) in [6.45, 7) is 0.662. The number of piperidine rings is 1. The Hall–Kier alpha value is -3.64. The zero-order valence-electron chi connectivity index (χ0n) is 20.0. The summed E-state index contributed by atoms with van der Waals surface area (Å²) in [6.07, 6.45) is -1.73. The Kier molecular flexibility index (Phi) is 5.91. The van der Waals surface area contributed by atoms with E-state index in [4.69, 9.17) is 19.7 Å². The summed E-state index contributed by atoms with van der Waals surface area (Å²) < 4.78 is 16.4. The first-order valence-electron chi connectivity index (χ1n) is 12.0. The number of ether oxygens (including phenoxy) is 3. The van der Waals surface area contributed by atoms with Crippen molar-refractivity contribution in [3.8, 4) is 11.5 Å². The van der Waals surface area contributed by atoms with E-state index in [0.717, 1.165) is 11.1 Å². The lowest BCUT2D eigenvalue weighted by molar-refractivity contribution is -0.171. The van der Waals surface area contributed by atoms with Gasteiger partial charge in [0.05, 0.1) is 30.3 Å². The van der Waals surface area contributed by atoms with E-state index >= 15 is 0 Å². The lowest BCUT2D eigenvalue weighted by atomic mass is 9.50. The van der Waals surface area contributed by atoms with Gasteiger partial charge in [0, 0.05) is 18.0 Å². The summed E-state index contributed by atoms with van der Waals surface area (Å²) in [7, 11) is 1.95. The van der Waals surface area contributed by atoms with E-state index < -0.39 is 66.4 Å². The van der Waals surface area contributed by atoms with Crippen LogP contribution in [0.2, 0.25) is 0 Å². The van der Waals surface area contributed by atoms with E-state index in [1.807, 2.05) is 13.1 Å². The molecule has 0 amide bonds. The predicted octanol–water partition coefficient (Wildman–Crippen LogP) is 0.464. The lowest BCUT2D eigenvalue weighted by Gasteiger charge is -2.61. The fourth-order valence-electron chi connectivity index (χ4n) is 6.38. The summed E-state index contributed by atoms with van der Waals surface area (Å²) in [5.74, 6) is -4.54. The van der Waals surface area contributed by atoms with Crippen LogP contribution in [0.5, 0.6) is 11.5 Å². The molecular formula is C25H27NO11. The highest BCUT2D eigenvalue weighted by molar-refractivity contribution is 5.84. The van der Waals surface area contributed by atoms with E-state index in [9.17, 15) is 29.4 Å². The number of hydrogen-bond donors (Lipinski definition) is 4. The molecule has 1 aromatic carbocycles. The average Bonchev–Trinajstić information content (AvgIpc) is 3.19. The number of aliphatic carboxylic acids is 2. The highest BCUT2D eigenvalue weighted by atomic mass is 16.6. The Morgan fingerprint density at radius 3 is 2.62 bits per heavy atom. The number of hydrogen-bond acceptors (Lipinski definition) is 10. The Labute approximate surface area is 211 Å². The Morgan fingerprint density at radius 2 is 1.92 bits per heavy atom. The summed E-state index contributed by atoms with van der Waals surface area (Å²) in [4.78, 5) is 48.6. The molecule has 2 bridgehead atoms. The predicted molar refractivity (Wildman–Crippen MR) is 122 cm³/mol. The van der Waals surface area contributed by atoms with E-state index in [1.165, 1.54) is 0 Å². The number of carboxylic acid groups (broad SMARTS) is 2. The molecule has 4 aliphatic rings. The van der Waals surface area contributed by atoms with Gasteiger partial charge in [-0.25, -0.2) is 4.79 Å². The van der Waals surface area contributed by atoms with Crippen LogP contribution in [-0.4, -0.2) is 86.6 Å². The number of aromatic hydroxyl groups is 1. The van der Waals surface area contributed by atoms with Crippen LogP contribution in [0, 0.1) is 0 Å². The van der Waals surface area contributed by atoms with Crippen molar-refractivity contribution in [1.82, 2.24) is 4.90 Å². The molecule has 1 unspecified atom stereocenters. The van der Waals surface area contributed by atoms with Gasteiger partial charge in [-0.05, 0) is 44.1 Å². The van der Waals surface area contributed by atoms with Gasteiger partial charge in [-0.1, -0.05) is 6.07 Å². The van der Waals surface area contributed by atoms with Gasteiger partial charge in [-0.3, -0.25) is 14.4 Å². The first-order chi connectivity index (χ1) is 17.5. The number of phenolic OH excluding ortho intramolecular Hbond substituents is 1. The van der Waals surface area contributed by atoms with Crippen LogP contribution in [0.25, 0.3) is 0 Å². The minimum atomic E-state index is -1.87. The molecule has 37 heavy (non-hydrogen) atoms. The molecule has 12 nitrogen and oxygen atoms in total. The number of aliphatic hydroxyl groups is 1. The van der Waals surface area contributed by atoms with Crippen LogP contribution in [-0.2, 0) is 40.5 Å². The molecule has 1 saturated heterocycles. The molecule has 2 aliphatic heterocycles. The van der Waals surface area contributed by atoms with Gasteiger partial charge in [-0.15, -0.1) is 0 Å². The molecule has 5 atom stereocenters. The van der Waals surface area contributed by atoms with Crippen LogP contribution in [0.1, 0.15) is 43.2 Å². The maximum absolute atomic E-state index is 12.6. The van der Waals surface area contributed by atoms with Gasteiger partial charge in [0.2, 0.25) is 6.10 Å². The highest BCUT2D eigenvalue weighted by Gasteiger charge is 2.72. The van der Waals surface area contributed by atoms with Crippen molar-refractivity contribution in [2.75, 3.05) is 13.6 Å². The molecule has 1 aromatic rings. The molecule has 2 heterocycles. The number of nitrogens with zero attached hydrogens (tertiary/aromatic N) is 1. The van der Waals surface area contributed by atoms with Gasteiger partial charge >= 0.3 is 23.9 Å². The number of carbonyl (C=O) groups is 4. The van der Waals surface area contributed by atoms with Crippen LogP contribution >= 0.6 is 0 Å². The van der Waals surface area contributed by atoms with E-state index in [1.54, 1.807) is 12.1 Å². The van der Waals surface area contributed by atoms with E-state index in [-0.39, 0.29) is 29.7 Å². The van der Waals surface area contributed by atoms with Gasteiger partial charge in [0.1, 0.15) is 5.76 Å². The normalized spacial score (nSPS) is 29.8. The number of likely N-dealkylation sites (tertiary alicyclic amines) is 1. The van der Waals surface area contributed by atoms with Crippen molar-refractivity contribution in [3.63, 3.8) is 0 Å². The number of phenols is 1. The zero-order chi connectivity index (χ0) is 26.7. The molecule has 0 radical (unpaired) electrons. The van der Waals surface area contributed by atoms with Crippen molar-refractivity contribution in [2.45, 2.75) is 67.8 Å². The van der Waals surface area contributed by atoms with Crippen molar-refractivity contribution in [2.24, 2.45) is 0 Å². The molecule has 0 saturated carbocycles. The maximum Gasteiger partial charge on any atom is 0.345 e. The molecule has 198 valence electrons. The molecule has 4 N–H and O–H groups in total. The average molecular weight is 517 g/mol. The number of carbonyl (C=O) groups excluding carboxylic acids is 2. The molecular weight excluding hydrogens is 490 g/mol. The summed E-state index contributed by atoms with van der Waals surface area (Å²) in [5.41, 5.74) is -0.443. The third-order valence-corrected chi connectivity index (χ3v) is 8.03. The molecule has 12 heteroatoms. The first kappa shape index (κ1) is 25.0. The summed E-state index contributed by atoms with van der Waals surface area (Å²) in [5, 5.41) is 40.4. The van der Waals surface area contributed by atoms with Crippen molar-refractivity contribution in [3.05, 3.63) is 35.1 Å². The number of benzene rings is 1. The Bertz CT molecular complexity index is 1230. The number of rotatable bonds is 8. The quantitative estimate of drug-likeness (QED) is 0.351. The van der Waals surface area contributed by atoms with Gasteiger partial charge in [0.15, 0.2) is 17.6 Å². The van der Waals surface area contributed by atoms with Crippen molar-refractivity contribution < 1.29 is 53.8 Å². The fourth-order valence-corrected chi connectivity index (χ4v) is 6.38. The maximum atomic E-state index is 12.6. The van der Waals surface area contributed by atoms with Crippen LogP contribution < -0.4 is 4.74 Å². The van der Waals surface area contributed by atoms with Crippen LogP contribution in [0.4, 0.5) is 0 Å². The van der Waals surface area contributed by atoms with Crippen molar-refractivity contribution >= 4 is 23.9 Å². The SMILES string of the molecule is CN1CC[C@]23c4c5ccc(O)c4O[C@H]2C(OC(=O)CCC(=O)O[C@H](CC(=O)O)C(=O)O)=CC[C@@]3(O)C1C5. The van der Waals surface area contributed by atoms with E-state index in [0.29, 0.717) is 19.4 Å². The van der Waals surface area contributed by atoms with E-state index in [2.05, 4.69) is 9.64 Å². The highest BCUT2D eigenvalue weighted by Crippen LogP contribution is 2.65. The van der Waals surface area contributed by atoms with Crippen LogP contribution in [0.15, 0.2) is 24.0 Å². The summed E-state index contributed by atoms with van der Waals surface area (Å²) >= 11 is 0. The number of likely N-dealkylation sites (N-methyl/N-ethyl adjacent to an activating group) is 1. The molecule has 5 rings (SSSR count). The van der Waals surface area contributed by atoms with Crippen molar-refractivity contribution in [1.29, 1.82) is 0 Å². The van der Waals surface area contributed by atoms with Gasteiger partial charge in [0.25, 0.3) is 0 Å². The summed E-state index contributed by atoms with van der Waals surface area (Å²) in [6, 6.07) is 3.18. The minimum absolute atomic E-state index is 0.0648. The smallest absolute Gasteiger partial charge is 0.345 e. The number of carboxylic acids is 2.